The Balaban J connectivity index is 1.73. The number of halogens is 6. The van der Waals surface area contributed by atoms with Crippen molar-refractivity contribution in [1.29, 1.82) is 0 Å². The zero-order valence-electron chi connectivity index (χ0n) is 19.8. The van der Waals surface area contributed by atoms with Crippen LogP contribution in [0.15, 0.2) is 66.9 Å². The van der Waals surface area contributed by atoms with Gasteiger partial charge in [-0.05, 0) is 48.4 Å². The second-order valence-electron chi connectivity index (χ2n) is 8.36. The predicted octanol–water partition coefficient (Wildman–Crippen LogP) is 5.66. The topological polar surface area (TPSA) is 91.7 Å². The van der Waals surface area contributed by atoms with Gasteiger partial charge in [-0.1, -0.05) is 24.3 Å². The quantitative estimate of drug-likeness (QED) is 0.227. The van der Waals surface area contributed by atoms with Gasteiger partial charge in [-0.3, -0.25) is 9.78 Å². The van der Waals surface area contributed by atoms with Crippen LogP contribution in [-0.4, -0.2) is 40.1 Å². The van der Waals surface area contributed by atoms with Crippen LogP contribution in [0.4, 0.5) is 26.3 Å². The number of pyridine rings is 1. The summed E-state index contributed by atoms with van der Waals surface area (Å²) < 4.78 is 82.9. The summed E-state index contributed by atoms with van der Waals surface area (Å²) in [7, 11) is 0. The maximum atomic E-state index is 12.9. The molecule has 3 N–H and O–H groups in total. The fourth-order valence-electron chi connectivity index (χ4n) is 3.47. The van der Waals surface area contributed by atoms with Crippen LogP contribution in [-0.2, 0) is 6.18 Å². The molecule has 1 unspecified atom stereocenters. The molecular formula is C26H24F6N2O4. The summed E-state index contributed by atoms with van der Waals surface area (Å²) in [5.74, 6) is -0.342. The Hall–Kier alpha value is -3.64. The Bertz CT molecular complexity index is 1180. The molecule has 1 aromatic heterocycles. The molecule has 0 saturated carbocycles. The second kappa shape index (κ2) is 12.3. The van der Waals surface area contributed by atoms with Gasteiger partial charge >= 0.3 is 12.4 Å². The van der Waals surface area contributed by atoms with Crippen LogP contribution >= 0.6 is 0 Å². The first-order valence-corrected chi connectivity index (χ1v) is 11.4. The molecule has 0 fully saturated rings. The van der Waals surface area contributed by atoms with E-state index in [4.69, 9.17) is 14.9 Å². The van der Waals surface area contributed by atoms with Crippen LogP contribution in [0.1, 0.15) is 46.9 Å². The number of carbonyl (C=O) groups excluding carboxylic acids is 1. The number of nitrogens with zero attached hydrogens (tertiary/aromatic N) is 1. The van der Waals surface area contributed by atoms with Gasteiger partial charge in [0.2, 0.25) is 0 Å². The van der Waals surface area contributed by atoms with Gasteiger partial charge in [0.25, 0.3) is 5.91 Å². The number of alkyl halides is 6. The minimum atomic E-state index is -4.47. The number of benzene rings is 2. The molecule has 2 aromatic carbocycles. The van der Waals surface area contributed by atoms with E-state index in [9.17, 15) is 31.1 Å². The van der Waals surface area contributed by atoms with Crippen molar-refractivity contribution >= 4 is 5.91 Å². The molecule has 0 aliphatic heterocycles. The van der Waals surface area contributed by atoms with E-state index in [1.807, 2.05) is 0 Å². The van der Waals surface area contributed by atoms with Crippen LogP contribution in [0, 0.1) is 0 Å². The van der Waals surface area contributed by atoms with E-state index >= 15 is 0 Å². The Morgan fingerprint density at radius 2 is 1.55 bits per heavy atom. The van der Waals surface area contributed by atoms with Crippen LogP contribution in [0.5, 0.6) is 5.75 Å². The third-order valence-electron chi connectivity index (χ3n) is 5.45. The maximum Gasteiger partial charge on any atom is 0.416 e. The van der Waals surface area contributed by atoms with Crippen molar-refractivity contribution in [3.8, 4) is 17.0 Å². The fourth-order valence-corrected chi connectivity index (χ4v) is 3.47. The molecule has 204 valence electrons. The highest BCUT2D eigenvalue weighted by atomic mass is 19.4. The number of aliphatic hydroxyl groups is 2. The van der Waals surface area contributed by atoms with E-state index in [0.717, 1.165) is 12.1 Å². The van der Waals surface area contributed by atoms with Crippen molar-refractivity contribution < 1.29 is 46.1 Å². The summed E-state index contributed by atoms with van der Waals surface area (Å²) in [6.45, 7) is 0.0189. The lowest BCUT2D eigenvalue weighted by atomic mass is 10.0. The Morgan fingerprint density at radius 1 is 0.895 bits per heavy atom. The third-order valence-corrected chi connectivity index (χ3v) is 5.45. The highest BCUT2D eigenvalue weighted by Gasteiger charge is 2.31. The van der Waals surface area contributed by atoms with Gasteiger partial charge in [0.05, 0.1) is 17.5 Å². The highest BCUT2D eigenvalue weighted by Crippen LogP contribution is 2.33. The molecule has 12 heteroatoms. The van der Waals surface area contributed by atoms with Crippen molar-refractivity contribution in [3.05, 3.63) is 83.6 Å². The van der Waals surface area contributed by atoms with E-state index in [1.54, 1.807) is 0 Å². The molecule has 1 atom stereocenters. The van der Waals surface area contributed by atoms with Crippen LogP contribution in [0.3, 0.4) is 0 Å². The molecule has 3 rings (SSSR count). The third kappa shape index (κ3) is 8.73. The zero-order chi connectivity index (χ0) is 27.9. The molecule has 3 aromatic rings. The molecular weight excluding hydrogens is 518 g/mol. The summed E-state index contributed by atoms with van der Waals surface area (Å²) in [5, 5.41) is 20.2. The van der Waals surface area contributed by atoms with Gasteiger partial charge in [-0.15, -0.1) is 0 Å². The lowest BCUT2D eigenvalue weighted by molar-refractivity contribution is -0.139. The number of nitrogens with one attached hydrogen (secondary N) is 1. The lowest BCUT2D eigenvalue weighted by Gasteiger charge is -2.21. The first kappa shape index (κ1) is 28.9. The molecule has 1 amide bonds. The largest absolute Gasteiger partial charge is 0.484 e. The SMILES string of the molecule is O=C(NCCC(O)O)c1ccc(C(CCC(F)(F)F)Oc2ccc(-c3ccc(C(F)(F)F)cc3)nc2)cc1. The Labute approximate surface area is 213 Å². The lowest BCUT2D eigenvalue weighted by Crippen LogP contribution is -2.27. The standard InChI is InChI=1S/C26H24F6N2O4/c27-25(28,29)13-11-22(17-1-3-18(4-2-17)24(37)33-14-12-23(35)36)38-20-9-10-21(34-15-20)16-5-7-19(8-6-16)26(30,31)32/h1-10,15,22-23,35-36H,11-14H2,(H,33,37). The first-order chi connectivity index (χ1) is 17.8. The van der Waals surface area contributed by atoms with Crippen LogP contribution < -0.4 is 10.1 Å². The summed E-state index contributed by atoms with van der Waals surface area (Å²) in [4.78, 5) is 16.3. The molecule has 1 heterocycles. The van der Waals surface area contributed by atoms with Crippen molar-refractivity contribution in [2.45, 2.75) is 44.0 Å². The molecule has 0 bridgehead atoms. The van der Waals surface area contributed by atoms with E-state index in [-0.39, 0.29) is 24.3 Å². The van der Waals surface area contributed by atoms with E-state index < -0.39 is 49.1 Å². The summed E-state index contributed by atoms with van der Waals surface area (Å²) in [6.07, 6.45) is -11.8. The number of rotatable bonds is 10. The van der Waals surface area contributed by atoms with Gasteiger partial charge < -0.3 is 20.3 Å². The van der Waals surface area contributed by atoms with Gasteiger partial charge in [-0.2, -0.15) is 26.3 Å². The zero-order valence-corrected chi connectivity index (χ0v) is 19.8. The molecule has 6 nitrogen and oxygen atoms in total. The molecule has 0 aliphatic carbocycles. The van der Waals surface area contributed by atoms with Gasteiger partial charge in [0.1, 0.15) is 11.9 Å². The van der Waals surface area contributed by atoms with Crippen molar-refractivity contribution in [3.63, 3.8) is 0 Å². The molecule has 38 heavy (non-hydrogen) atoms. The highest BCUT2D eigenvalue weighted by molar-refractivity contribution is 5.94. The average Bonchev–Trinajstić information content (AvgIpc) is 2.86. The van der Waals surface area contributed by atoms with Crippen LogP contribution in [0.25, 0.3) is 11.3 Å². The summed E-state index contributed by atoms with van der Waals surface area (Å²) in [5.41, 5.74) is 0.561. The number of hydrogen-bond donors (Lipinski definition) is 3. The number of ether oxygens (including phenoxy) is 1. The number of hydrogen-bond acceptors (Lipinski definition) is 5. The number of amides is 1. The van der Waals surface area contributed by atoms with Crippen molar-refractivity contribution in [1.82, 2.24) is 10.3 Å². The normalized spacial score (nSPS) is 12.9. The van der Waals surface area contributed by atoms with E-state index in [0.29, 0.717) is 16.8 Å². The first-order valence-electron chi connectivity index (χ1n) is 11.4. The summed E-state index contributed by atoms with van der Waals surface area (Å²) >= 11 is 0. The second-order valence-corrected chi connectivity index (χ2v) is 8.36. The van der Waals surface area contributed by atoms with Gasteiger partial charge in [-0.25, -0.2) is 0 Å². The Kier molecular flexibility index (Phi) is 9.34. The number of aliphatic hydroxyl groups excluding tert-OH is 1. The minimum Gasteiger partial charge on any atom is -0.484 e. The molecule has 0 radical (unpaired) electrons. The monoisotopic (exact) mass is 542 g/mol. The van der Waals surface area contributed by atoms with Gasteiger partial charge in [0, 0.05) is 30.5 Å². The number of aromatic nitrogens is 1. The van der Waals surface area contributed by atoms with Crippen LogP contribution in [0.2, 0.25) is 0 Å². The number of carbonyl (C=O) groups is 1. The molecule has 0 spiro atoms. The smallest absolute Gasteiger partial charge is 0.416 e. The predicted molar refractivity (Wildman–Crippen MR) is 125 cm³/mol. The van der Waals surface area contributed by atoms with E-state index in [1.165, 1.54) is 54.7 Å². The molecule has 0 saturated heterocycles. The maximum absolute atomic E-state index is 12.9. The van der Waals surface area contributed by atoms with E-state index in [2.05, 4.69) is 10.3 Å². The van der Waals surface area contributed by atoms with Crippen molar-refractivity contribution in [2.24, 2.45) is 0 Å². The van der Waals surface area contributed by atoms with Gasteiger partial charge in [0.15, 0.2) is 6.29 Å². The Morgan fingerprint density at radius 3 is 2.08 bits per heavy atom. The molecule has 0 aliphatic rings. The fraction of sp³-hybridized carbons (Fsp3) is 0.308. The average molecular weight is 542 g/mol. The van der Waals surface area contributed by atoms with Crippen molar-refractivity contribution in [2.75, 3.05) is 6.54 Å². The minimum absolute atomic E-state index is 0.0189. The summed E-state index contributed by atoms with van der Waals surface area (Å²) in [6, 6.07) is 13.1.